The van der Waals surface area contributed by atoms with Gasteiger partial charge in [0, 0.05) is 31.1 Å². The normalized spacial score (nSPS) is 15.3. The zero-order valence-corrected chi connectivity index (χ0v) is 18.7. The van der Waals surface area contributed by atoms with Crippen LogP contribution in [0.5, 0.6) is 0 Å². The SMILES string of the molecule is O=C(CSc1nnnn1Cc1cccs1)N1CCN(S(=O)(=O)c2cccc(F)c2)CC1. The Morgan fingerprint density at radius 1 is 1.16 bits per heavy atom. The molecular weight excluding hydrogens is 463 g/mol. The number of hydrogen-bond donors (Lipinski definition) is 0. The minimum Gasteiger partial charge on any atom is -0.339 e. The number of sulfonamides is 1. The van der Waals surface area contributed by atoms with Crippen LogP contribution in [-0.2, 0) is 21.4 Å². The van der Waals surface area contributed by atoms with Gasteiger partial charge in [0.05, 0.1) is 17.2 Å². The largest absolute Gasteiger partial charge is 0.339 e. The standard InChI is InChI=1S/C18H19FN6O3S3/c19-14-3-1-5-16(11-14)31(27,28)24-8-6-23(7-9-24)17(26)13-30-18-20-21-22-25(18)12-15-4-2-10-29-15/h1-5,10-11H,6-9,12-13H2. The van der Waals surface area contributed by atoms with Gasteiger partial charge >= 0.3 is 0 Å². The van der Waals surface area contributed by atoms with E-state index in [1.807, 2.05) is 17.5 Å². The number of tetrazole rings is 1. The van der Waals surface area contributed by atoms with Crippen LogP contribution in [0, 0.1) is 5.82 Å². The Kier molecular flexibility index (Phi) is 6.65. The molecule has 1 amide bonds. The average Bonchev–Trinajstić information content (AvgIpc) is 3.44. The van der Waals surface area contributed by atoms with Gasteiger partial charge in [-0.05, 0) is 40.1 Å². The molecular formula is C18H19FN6O3S3. The molecule has 4 rings (SSSR count). The number of amides is 1. The van der Waals surface area contributed by atoms with Gasteiger partial charge in [-0.1, -0.05) is 23.9 Å². The molecule has 3 heterocycles. The number of carbonyl (C=O) groups excluding carboxylic acids is 1. The van der Waals surface area contributed by atoms with Crippen molar-refractivity contribution in [3.8, 4) is 0 Å². The van der Waals surface area contributed by atoms with E-state index in [1.165, 1.54) is 34.3 Å². The van der Waals surface area contributed by atoms with Crippen molar-refractivity contribution < 1.29 is 17.6 Å². The lowest BCUT2D eigenvalue weighted by Gasteiger charge is -2.34. The molecule has 0 bridgehead atoms. The topological polar surface area (TPSA) is 101 Å². The Morgan fingerprint density at radius 3 is 2.68 bits per heavy atom. The van der Waals surface area contributed by atoms with Crippen LogP contribution in [0.3, 0.4) is 0 Å². The molecule has 0 N–H and O–H groups in total. The number of halogens is 1. The number of benzene rings is 1. The van der Waals surface area contributed by atoms with Gasteiger partial charge in [0.2, 0.25) is 21.1 Å². The van der Waals surface area contributed by atoms with Crippen molar-refractivity contribution in [2.75, 3.05) is 31.9 Å². The molecule has 9 nitrogen and oxygen atoms in total. The highest BCUT2D eigenvalue weighted by molar-refractivity contribution is 7.99. The third-order valence-corrected chi connectivity index (χ3v) is 8.43. The molecule has 1 aliphatic heterocycles. The van der Waals surface area contributed by atoms with Gasteiger partial charge in [0.15, 0.2) is 0 Å². The van der Waals surface area contributed by atoms with Crippen LogP contribution >= 0.6 is 23.1 Å². The highest BCUT2D eigenvalue weighted by atomic mass is 32.2. The summed E-state index contributed by atoms with van der Waals surface area (Å²) in [5, 5.41) is 14.2. The molecule has 1 saturated heterocycles. The molecule has 0 spiro atoms. The molecule has 1 aliphatic rings. The maximum atomic E-state index is 13.4. The first-order chi connectivity index (χ1) is 14.9. The van der Waals surface area contributed by atoms with Gasteiger partial charge in [-0.15, -0.1) is 16.4 Å². The fraction of sp³-hybridized carbons (Fsp3) is 0.333. The van der Waals surface area contributed by atoms with Crippen molar-refractivity contribution in [1.82, 2.24) is 29.4 Å². The number of carbonyl (C=O) groups is 1. The summed E-state index contributed by atoms with van der Waals surface area (Å²) in [6.45, 7) is 1.40. The van der Waals surface area contributed by atoms with Gasteiger partial charge in [-0.25, -0.2) is 17.5 Å². The molecule has 3 aromatic rings. The van der Waals surface area contributed by atoms with Crippen LogP contribution in [-0.4, -0.2) is 75.7 Å². The minimum absolute atomic E-state index is 0.0830. The Labute approximate surface area is 186 Å². The molecule has 1 fully saturated rings. The lowest BCUT2D eigenvalue weighted by atomic mass is 10.3. The molecule has 0 aliphatic carbocycles. The first-order valence-corrected chi connectivity index (χ1v) is 12.7. The Hall–Kier alpha value is -2.35. The summed E-state index contributed by atoms with van der Waals surface area (Å²) in [6.07, 6.45) is 0. The van der Waals surface area contributed by atoms with Crippen molar-refractivity contribution in [2.24, 2.45) is 0 Å². The Balaban J connectivity index is 1.31. The summed E-state index contributed by atoms with van der Waals surface area (Å²) in [5.41, 5.74) is 0. The first-order valence-electron chi connectivity index (χ1n) is 9.38. The van der Waals surface area contributed by atoms with Crippen molar-refractivity contribution in [2.45, 2.75) is 16.6 Å². The van der Waals surface area contributed by atoms with E-state index < -0.39 is 15.8 Å². The van der Waals surface area contributed by atoms with E-state index in [9.17, 15) is 17.6 Å². The number of rotatable bonds is 7. The molecule has 164 valence electrons. The second-order valence-corrected chi connectivity index (χ2v) is 10.6. The number of hydrogen-bond acceptors (Lipinski definition) is 8. The van der Waals surface area contributed by atoms with Gasteiger partial charge in [0.25, 0.3) is 0 Å². The van der Waals surface area contributed by atoms with Crippen LogP contribution in [0.15, 0.2) is 51.8 Å². The molecule has 13 heteroatoms. The number of nitrogens with zero attached hydrogens (tertiary/aromatic N) is 6. The maximum Gasteiger partial charge on any atom is 0.243 e. The molecule has 0 unspecified atom stereocenters. The second-order valence-electron chi connectivity index (χ2n) is 6.73. The van der Waals surface area contributed by atoms with Crippen molar-refractivity contribution >= 4 is 39.0 Å². The minimum atomic E-state index is -3.79. The second kappa shape index (κ2) is 9.42. The fourth-order valence-electron chi connectivity index (χ4n) is 3.12. The maximum absolute atomic E-state index is 13.4. The van der Waals surface area contributed by atoms with Crippen LogP contribution in [0.25, 0.3) is 0 Å². The van der Waals surface area contributed by atoms with E-state index in [1.54, 1.807) is 20.9 Å². The summed E-state index contributed by atoms with van der Waals surface area (Å²) in [7, 11) is -3.79. The van der Waals surface area contributed by atoms with E-state index in [-0.39, 0.29) is 42.7 Å². The van der Waals surface area contributed by atoms with E-state index in [4.69, 9.17) is 0 Å². The van der Waals surface area contributed by atoms with Crippen LogP contribution in [0.4, 0.5) is 4.39 Å². The summed E-state index contributed by atoms with van der Waals surface area (Å²) in [4.78, 5) is 15.3. The third kappa shape index (κ3) is 5.11. The van der Waals surface area contributed by atoms with Crippen molar-refractivity contribution in [3.63, 3.8) is 0 Å². The number of thiophene rings is 1. The van der Waals surface area contributed by atoms with Gasteiger partial charge in [-0.2, -0.15) is 4.31 Å². The van der Waals surface area contributed by atoms with Gasteiger partial charge in [0.1, 0.15) is 5.82 Å². The Morgan fingerprint density at radius 2 is 1.97 bits per heavy atom. The van der Waals surface area contributed by atoms with Crippen molar-refractivity contribution in [3.05, 3.63) is 52.5 Å². The van der Waals surface area contributed by atoms with Crippen LogP contribution < -0.4 is 0 Å². The average molecular weight is 483 g/mol. The monoisotopic (exact) mass is 482 g/mol. The van der Waals surface area contributed by atoms with Crippen LogP contribution in [0.2, 0.25) is 0 Å². The highest BCUT2D eigenvalue weighted by Gasteiger charge is 2.30. The number of piperazine rings is 1. The first kappa shape index (κ1) is 21.9. The summed E-state index contributed by atoms with van der Waals surface area (Å²) in [6, 6.07) is 8.88. The fourth-order valence-corrected chi connectivity index (χ4v) is 6.04. The predicted molar refractivity (Wildman–Crippen MR) is 114 cm³/mol. The smallest absolute Gasteiger partial charge is 0.243 e. The molecule has 31 heavy (non-hydrogen) atoms. The highest BCUT2D eigenvalue weighted by Crippen LogP contribution is 2.20. The number of thioether (sulfide) groups is 1. The van der Waals surface area contributed by atoms with E-state index >= 15 is 0 Å². The lowest BCUT2D eigenvalue weighted by molar-refractivity contribution is -0.129. The van der Waals surface area contributed by atoms with E-state index in [0.29, 0.717) is 11.7 Å². The molecule has 2 aromatic heterocycles. The molecule has 0 atom stereocenters. The summed E-state index contributed by atoms with van der Waals surface area (Å²) < 4.78 is 41.7. The molecule has 0 saturated carbocycles. The summed E-state index contributed by atoms with van der Waals surface area (Å²) >= 11 is 2.85. The van der Waals surface area contributed by atoms with Gasteiger partial charge < -0.3 is 4.90 Å². The van der Waals surface area contributed by atoms with E-state index in [0.717, 1.165) is 10.9 Å². The lowest BCUT2D eigenvalue weighted by Crippen LogP contribution is -2.51. The zero-order valence-electron chi connectivity index (χ0n) is 16.3. The third-order valence-electron chi connectivity index (χ3n) is 4.73. The van der Waals surface area contributed by atoms with E-state index in [2.05, 4.69) is 15.5 Å². The van der Waals surface area contributed by atoms with Gasteiger partial charge in [-0.3, -0.25) is 4.79 Å². The predicted octanol–water partition coefficient (Wildman–Crippen LogP) is 1.55. The number of aromatic nitrogens is 4. The Bertz CT molecular complexity index is 1140. The molecule has 1 aromatic carbocycles. The summed E-state index contributed by atoms with van der Waals surface area (Å²) in [5.74, 6) is -0.562. The zero-order chi connectivity index (χ0) is 21.8. The quantitative estimate of drug-likeness (QED) is 0.471. The van der Waals surface area contributed by atoms with Crippen molar-refractivity contribution in [1.29, 1.82) is 0 Å². The van der Waals surface area contributed by atoms with Crippen LogP contribution in [0.1, 0.15) is 4.88 Å². The molecule has 0 radical (unpaired) electrons.